The van der Waals surface area contributed by atoms with E-state index in [9.17, 15) is 9.59 Å². The number of aryl methyl sites for hydroxylation is 1. The Morgan fingerprint density at radius 2 is 1.87 bits per heavy atom. The first-order valence-electron chi connectivity index (χ1n) is 7.86. The molecular formula is C18H25NO4. The van der Waals surface area contributed by atoms with Crippen molar-refractivity contribution in [1.82, 2.24) is 4.90 Å². The fraction of sp³-hybridized carbons (Fsp3) is 0.556. The Labute approximate surface area is 137 Å². The first-order valence-corrected chi connectivity index (χ1v) is 7.86. The number of benzene rings is 1. The molecule has 0 aromatic heterocycles. The van der Waals surface area contributed by atoms with Gasteiger partial charge in [0.1, 0.15) is 11.6 Å². The van der Waals surface area contributed by atoms with Gasteiger partial charge in [-0.25, -0.2) is 9.59 Å². The molecule has 1 aromatic carbocycles. The molecule has 5 nitrogen and oxygen atoms in total. The molecule has 1 amide bonds. The summed E-state index contributed by atoms with van der Waals surface area (Å²) in [5.41, 5.74) is 1.72. The molecule has 0 bridgehead atoms. The average molecular weight is 319 g/mol. The smallest absolute Gasteiger partial charge is 0.411 e. The molecule has 2 atom stereocenters. The molecule has 0 radical (unpaired) electrons. The van der Waals surface area contributed by atoms with Gasteiger partial charge in [0, 0.05) is 12.5 Å². The summed E-state index contributed by atoms with van der Waals surface area (Å²) in [5, 5.41) is 0. The van der Waals surface area contributed by atoms with Crippen molar-refractivity contribution in [3.63, 3.8) is 0 Å². The van der Waals surface area contributed by atoms with Crippen LogP contribution < -0.4 is 0 Å². The zero-order chi connectivity index (χ0) is 17.2. The summed E-state index contributed by atoms with van der Waals surface area (Å²) in [6.45, 7) is 7.94. The number of hydrogen-bond donors (Lipinski definition) is 0. The van der Waals surface area contributed by atoms with E-state index in [0.29, 0.717) is 13.0 Å². The quantitative estimate of drug-likeness (QED) is 0.785. The van der Waals surface area contributed by atoms with Gasteiger partial charge in [0.25, 0.3) is 0 Å². The Balaban J connectivity index is 2.24. The predicted octanol–water partition coefficient (Wildman–Crippen LogP) is 3.26. The number of nitrogens with zero attached hydrogens (tertiary/aromatic N) is 1. The van der Waals surface area contributed by atoms with E-state index in [1.54, 1.807) is 0 Å². The molecule has 1 unspecified atom stereocenters. The van der Waals surface area contributed by atoms with Crippen LogP contribution in [0.25, 0.3) is 0 Å². The number of esters is 1. The van der Waals surface area contributed by atoms with Gasteiger partial charge in [-0.1, -0.05) is 24.3 Å². The van der Waals surface area contributed by atoms with Gasteiger partial charge in [-0.3, -0.25) is 4.90 Å². The van der Waals surface area contributed by atoms with Crippen LogP contribution in [0, 0.1) is 6.92 Å². The largest absolute Gasteiger partial charge is 0.467 e. The molecule has 1 heterocycles. The number of hydrogen-bond acceptors (Lipinski definition) is 4. The maximum atomic E-state index is 12.4. The lowest BCUT2D eigenvalue weighted by Crippen LogP contribution is -2.43. The lowest BCUT2D eigenvalue weighted by molar-refractivity contribution is -0.145. The van der Waals surface area contributed by atoms with E-state index >= 15 is 0 Å². The standard InChI is InChI=1S/C18H25NO4/c1-12-8-6-7-9-14(12)13-10-15(16(20)22-5)19(11-13)17(21)23-18(2,3)4/h6-9,13,15H,10-11H2,1-5H3/t13?,15-/m0/s1. The van der Waals surface area contributed by atoms with Gasteiger partial charge >= 0.3 is 12.1 Å². The first kappa shape index (κ1) is 17.3. The number of carbonyl (C=O) groups is 2. The van der Waals surface area contributed by atoms with Gasteiger partial charge in [0.15, 0.2) is 0 Å². The molecule has 126 valence electrons. The number of rotatable bonds is 2. The van der Waals surface area contributed by atoms with Gasteiger partial charge in [0.05, 0.1) is 7.11 Å². The maximum Gasteiger partial charge on any atom is 0.411 e. The number of carbonyl (C=O) groups excluding carboxylic acids is 2. The Morgan fingerprint density at radius 1 is 1.22 bits per heavy atom. The van der Waals surface area contributed by atoms with Crippen LogP contribution >= 0.6 is 0 Å². The second-order valence-corrected chi connectivity index (χ2v) is 6.96. The topological polar surface area (TPSA) is 55.8 Å². The van der Waals surface area contributed by atoms with E-state index in [1.807, 2.05) is 52.0 Å². The second kappa shape index (κ2) is 6.60. The summed E-state index contributed by atoms with van der Waals surface area (Å²) in [4.78, 5) is 26.0. The van der Waals surface area contributed by atoms with Crippen molar-refractivity contribution >= 4 is 12.1 Å². The van der Waals surface area contributed by atoms with E-state index < -0.39 is 23.7 Å². The minimum absolute atomic E-state index is 0.104. The van der Waals surface area contributed by atoms with Gasteiger partial charge < -0.3 is 9.47 Å². The molecule has 0 spiro atoms. The highest BCUT2D eigenvalue weighted by atomic mass is 16.6. The maximum absolute atomic E-state index is 12.4. The van der Waals surface area contributed by atoms with Crippen LogP contribution in [0.3, 0.4) is 0 Å². The zero-order valence-corrected chi connectivity index (χ0v) is 14.5. The highest BCUT2D eigenvalue weighted by molar-refractivity contribution is 5.82. The zero-order valence-electron chi connectivity index (χ0n) is 14.5. The van der Waals surface area contributed by atoms with Crippen LogP contribution in [0.15, 0.2) is 24.3 Å². The summed E-state index contributed by atoms with van der Waals surface area (Å²) in [5.74, 6) is -0.292. The third-order valence-corrected chi connectivity index (χ3v) is 4.03. The molecule has 0 saturated carbocycles. The normalized spacial score (nSPS) is 21.2. The lowest BCUT2D eigenvalue weighted by atomic mass is 9.93. The number of methoxy groups -OCH3 is 1. The predicted molar refractivity (Wildman–Crippen MR) is 87.3 cm³/mol. The third-order valence-electron chi connectivity index (χ3n) is 4.03. The van der Waals surface area contributed by atoms with Gasteiger partial charge in [-0.2, -0.15) is 0 Å². The van der Waals surface area contributed by atoms with Crippen molar-refractivity contribution in [2.75, 3.05) is 13.7 Å². The van der Waals surface area contributed by atoms with Crippen molar-refractivity contribution in [2.45, 2.75) is 51.7 Å². The van der Waals surface area contributed by atoms with Crippen molar-refractivity contribution in [3.8, 4) is 0 Å². The average Bonchev–Trinajstić information content (AvgIpc) is 2.90. The molecule has 1 aliphatic heterocycles. The van der Waals surface area contributed by atoms with E-state index in [0.717, 1.165) is 11.1 Å². The van der Waals surface area contributed by atoms with Gasteiger partial charge in [0.2, 0.25) is 0 Å². The summed E-state index contributed by atoms with van der Waals surface area (Å²) in [6.07, 6.45) is 0.0838. The van der Waals surface area contributed by atoms with Crippen LogP contribution in [0.4, 0.5) is 4.79 Å². The monoisotopic (exact) mass is 319 g/mol. The fourth-order valence-electron chi connectivity index (χ4n) is 2.99. The highest BCUT2D eigenvalue weighted by Gasteiger charge is 2.42. The summed E-state index contributed by atoms with van der Waals surface area (Å²) in [7, 11) is 1.34. The molecule has 23 heavy (non-hydrogen) atoms. The minimum atomic E-state index is -0.599. The number of likely N-dealkylation sites (tertiary alicyclic amines) is 1. The fourth-order valence-corrected chi connectivity index (χ4v) is 2.99. The van der Waals surface area contributed by atoms with Crippen molar-refractivity contribution < 1.29 is 19.1 Å². The molecule has 1 aromatic rings. The third kappa shape index (κ3) is 4.03. The second-order valence-electron chi connectivity index (χ2n) is 6.96. The summed E-state index contributed by atoms with van der Waals surface area (Å²) >= 11 is 0. The number of amides is 1. The summed E-state index contributed by atoms with van der Waals surface area (Å²) in [6, 6.07) is 7.45. The van der Waals surface area contributed by atoms with E-state index in [4.69, 9.17) is 9.47 Å². The molecule has 0 aliphatic carbocycles. The van der Waals surface area contributed by atoms with Crippen molar-refractivity contribution in [1.29, 1.82) is 0 Å². The van der Waals surface area contributed by atoms with Gasteiger partial charge in [-0.15, -0.1) is 0 Å². The van der Waals surface area contributed by atoms with Crippen LogP contribution in [-0.4, -0.2) is 42.3 Å². The molecule has 2 rings (SSSR count). The molecule has 1 saturated heterocycles. The van der Waals surface area contributed by atoms with Crippen LogP contribution in [0.2, 0.25) is 0 Å². The molecule has 1 aliphatic rings. The van der Waals surface area contributed by atoms with Crippen LogP contribution in [0.1, 0.15) is 44.2 Å². The Bertz CT molecular complexity index is 591. The van der Waals surface area contributed by atoms with E-state index in [-0.39, 0.29) is 5.92 Å². The van der Waals surface area contributed by atoms with Crippen molar-refractivity contribution in [3.05, 3.63) is 35.4 Å². The summed E-state index contributed by atoms with van der Waals surface area (Å²) < 4.78 is 10.3. The first-order chi connectivity index (χ1) is 10.7. The van der Waals surface area contributed by atoms with E-state index in [1.165, 1.54) is 12.0 Å². The van der Waals surface area contributed by atoms with Crippen LogP contribution in [0.5, 0.6) is 0 Å². The SMILES string of the molecule is COC(=O)[C@@H]1CC(c2ccccc2C)CN1C(=O)OC(C)(C)C. The Hall–Kier alpha value is -2.04. The molecular weight excluding hydrogens is 294 g/mol. The Kier molecular flexibility index (Phi) is 4.97. The Morgan fingerprint density at radius 3 is 2.43 bits per heavy atom. The van der Waals surface area contributed by atoms with Crippen molar-refractivity contribution in [2.24, 2.45) is 0 Å². The molecule has 1 fully saturated rings. The number of ether oxygens (including phenoxy) is 2. The van der Waals surface area contributed by atoms with Gasteiger partial charge in [-0.05, 0) is 45.2 Å². The highest BCUT2D eigenvalue weighted by Crippen LogP contribution is 2.34. The molecule has 5 heteroatoms. The lowest BCUT2D eigenvalue weighted by Gasteiger charge is -2.27. The minimum Gasteiger partial charge on any atom is -0.467 e. The molecule has 0 N–H and O–H groups in total. The van der Waals surface area contributed by atoms with E-state index in [2.05, 4.69) is 0 Å². The van der Waals surface area contributed by atoms with Crippen LogP contribution in [-0.2, 0) is 14.3 Å².